The standard InChI is InChI=1S/C15H9ClF3NO2S/c16-9-3-5-10(6-4-9)20-8-11(14(22)15(17,18)19)13(21)12-2-1-7-23-12/h1-8,21H/b13-11+,20-8?. The van der Waals surface area contributed by atoms with Gasteiger partial charge in [0.05, 0.1) is 16.1 Å². The van der Waals surface area contributed by atoms with Crippen LogP contribution in [0.1, 0.15) is 4.88 Å². The number of aliphatic hydroxyl groups excluding tert-OH is 1. The number of thiophene rings is 1. The van der Waals surface area contributed by atoms with Crippen LogP contribution in [-0.4, -0.2) is 23.3 Å². The number of ketones is 1. The average Bonchev–Trinajstić information content (AvgIpc) is 3.02. The Labute approximate surface area is 138 Å². The number of rotatable bonds is 4. The first-order valence-corrected chi connectivity index (χ1v) is 7.43. The molecule has 0 amide bonds. The van der Waals surface area contributed by atoms with Gasteiger partial charge >= 0.3 is 6.18 Å². The number of hydrogen-bond donors (Lipinski definition) is 1. The topological polar surface area (TPSA) is 49.7 Å². The summed E-state index contributed by atoms with van der Waals surface area (Å²) in [5.74, 6) is -2.93. The molecule has 1 aromatic carbocycles. The Morgan fingerprint density at radius 2 is 1.87 bits per heavy atom. The minimum atomic E-state index is -5.12. The summed E-state index contributed by atoms with van der Waals surface area (Å²) in [4.78, 5) is 15.5. The van der Waals surface area contributed by atoms with Crippen molar-refractivity contribution in [2.45, 2.75) is 6.18 Å². The van der Waals surface area contributed by atoms with E-state index in [-0.39, 0.29) is 4.88 Å². The second-order valence-electron chi connectivity index (χ2n) is 4.30. The van der Waals surface area contributed by atoms with Gasteiger partial charge in [0, 0.05) is 11.2 Å². The maximum Gasteiger partial charge on any atom is 0.455 e. The van der Waals surface area contributed by atoms with Crippen LogP contribution in [0.5, 0.6) is 0 Å². The smallest absolute Gasteiger partial charge is 0.455 e. The monoisotopic (exact) mass is 359 g/mol. The predicted molar refractivity (Wildman–Crippen MR) is 84.5 cm³/mol. The van der Waals surface area contributed by atoms with Gasteiger partial charge < -0.3 is 5.11 Å². The number of benzene rings is 1. The molecule has 0 spiro atoms. The van der Waals surface area contributed by atoms with Crippen molar-refractivity contribution in [3.63, 3.8) is 0 Å². The van der Waals surface area contributed by atoms with Crippen LogP contribution < -0.4 is 0 Å². The fourth-order valence-corrected chi connectivity index (χ4v) is 2.40. The van der Waals surface area contributed by atoms with Gasteiger partial charge in [-0.3, -0.25) is 9.79 Å². The number of nitrogens with zero attached hydrogens (tertiary/aromatic N) is 1. The third kappa shape index (κ3) is 4.43. The molecule has 3 nitrogen and oxygen atoms in total. The van der Waals surface area contributed by atoms with Gasteiger partial charge in [-0.1, -0.05) is 17.7 Å². The summed E-state index contributed by atoms with van der Waals surface area (Å²) in [6.07, 6.45) is -4.42. The van der Waals surface area contributed by atoms with E-state index >= 15 is 0 Å². The van der Waals surface area contributed by atoms with Gasteiger partial charge in [0.15, 0.2) is 0 Å². The summed E-state index contributed by atoms with van der Waals surface area (Å²) in [6.45, 7) is 0. The molecule has 0 aliphatic heterocycles. The van der Waals surface area contributed by atoms with E-state index < -0.39 is 23.3 Å². The van der Waals surface area contributed by atoms with Gasteiger partial charge in [0.1, 0.15) is 5.76 Å². The number of carbonyl (C=O) groups is 1. The fraction of sp³-hybridized carbons (Fsp3) is 0.0667. The number of alkyl halides is 3. The Morgan fingerprint density at radius 1 is 1.22 bits per heavy atom. The summed E-state index contributed by atoms with van der Waals surface area (Å²) < 4.78 is 38.1. The van der Waals surface area contributed by atoms with Gasteiger partial charge in [-0.05, 0) is 35.7 Å². The molecule has 0 aliphatic carbocycles. The lowest BCUT2D eigenvalue weighted by Crippen LogP contribution is -2.26. The molecular formula is C15H9ClF3NO2S. The van der Waals surface area contributed by atoms with Crippen LogP contribution >= 0.6 is 22.9 Å². The van der Waals surface area contributed by atoms with E-state index in [1.54, 1.807) is 11.4 Å². The van der Waals surface area contributed by atoms with E-state index in [2.05, 4.69) is 4.99 Å². The van der Waals surface area contributed by atoms with Crippen LogP contribution in [0.15, 0.2) is 52.3 Å². The Balaban J connectivity index is 2.44. The lowest BCUT2D eigenvalue weighted by molar-refractivity contribution is -0.165. The first kappa shape index (κ1) is 17.2. The third-order valence-corrected chi connectivity index (χ3v) is 3.81. The van der Waals surface area contributed by atoms with E-state index in [1.165, 1.54) is 30.3 Å². The zero-order chi connectivity index (χ0) is 17.0. The van der Waals surface area contributed by atoms with Gasteiger partial charge in [0.2, 0.25) is 0 Å². The molecule has 0 saturated heterocycles. The van der Waals surface area contributed by atoms with Crippen molar-refractivity contribution in [3.05, 3.63) is 57.3 Å². The largest absolute Gasteiger partial charge is 0.506 e. The summed E-state index contributed by atoms with van der Waals surface area (Å²) >= 11 is 6.70. The fourth-order valence-electron chi connectivity index (χ4n) is 1.59. The lowest BCUT2D eigenvalue weighted by Gasteiger charge is -2.07. The number of allylic oxidation sites excluding steroid dienone is 1. The van der Waals surface area contributed by atoms with Crippen molar-refractivity contribution in [3.8, 4) is 0 Å². The molecule has 120 valence electrons. The average molecular weight is 360 g/mol. The van der Waals surface area contributed by atoms with Crippen LogP contribution in [0, 0.1) is 0 Å². The van der Waals surface area contributed by atoms with Crippen LogP contribution in [0.4, 0.5) is 18.9 Å². The molecule has 0 unspecified atom stereocenters. The first-order chi connectivity index (χ1) is 10.8. The molecular weight excluding hydrogens is 351 g/mol. The molecule has 2 aromatic rings. The highest BCUT2D eigenvalue weighted by molar-refractivity contribution is 7.11. The molecule has 0 aliphatic rings. The predicted octanol–water partition coefficient (Wildman–Crippen LogP) is 5.20. The second kappa shape index (κ2) is 6.97. The van der Waals surface area contributed by atoms with E-state index in [9.17, 15) is 23.1 Å². The molecule has 0 radical (unpaired) electrons. The van der Waals surface area contributed by atoms with Gasteiger partial charge in [0.25, 0.3) is 5.78 Å². The van der Waals surface area contributed by atoms with Crippen molar-refractivity contribution >= 4 is 46.4 Å². The zero-order valence-electron chi connectivity index (χ0n) is 11.3. The Bertz CT molecular complexity index is 750. The summed E-state index contributed by atoms with van der Waals surface area (Å²) in [6, 6.07) is 8.89. The van der Waals surface area contributed by atoms with Crippen molar-refractivity contribution in [1.29, 1.82) is 0 Å². The third-order valence-electron chi connectivity index (χ3n) is 2.68. The maximum absolute atomic E-state index is 12.7. The zero-order valence-corrected chi connectivity index (χ0v) is 12.9. The number of halogens is 4. The van der Waals surface area contributed by atoms with Crippen LogP contribution in [0.3, 0.4) is 0 Å². The lowest BCUT2D eigenvalue weighted by atomic mass is 10.1. The van der Waals surface area contributed by atoms with E-state index in [1.807, 2.05) is 0 Å². The molecule has 0 fully saturated rings. The van der Waals surface area contributed by atoms with Crippen molar-refractivity contribution in [1.82, 2.24) is 0 Å². The number of aliphatic hydroxyl groups is 1. The van der Waals surface area contributed by atoms with Crippen LogP contribution in [0.2, 0.25) is 5.02 Å². The number of carbonyl (C=O) groups excluding carboxylic acids is 1. The quantitative estimate of drug-likeness (QED) is 0.463. The van der Waals surface area contributed by atoms with E-state index in [0.717, 1.165) is 11.3 Å². The minimum absolute atomic E-state index is 0.139. The Kier molecular flexibility index (Phi) is 5.23. The second-order valence-corrected chi connectivity index (χ2v) is 5.69. The van der Waals surface area contributed by atoms with Crippen LogP contribution in [-0.2, 0) is 4.79 Å². The highest BCUT2D eigenvalue weighted by Crippen LogP contribution is 2.27. The number of Topliss-reactive ketones (excluding diaryl/α,β-unsaturated/α-hetero) is 1. The number of aliphatic imine (C=N–C) groups is 1. The van der Waals surface area contributed by atoms with E-state index in [0.29, 0.717) is 16.9 Å². The van der Waals surface area contributed by atoms with Gasteiger partial charge in [-0.2, -0.15) is 13.2 Å². The molecule has 0 atom stereocenters. The molecule has 23 heavy (non-hydrogen) atoms. The molecule has 1 N–H and O–H groups in total. The Morgan fingerprint density at radius 3 is 2.39 bits per heavy atom. The summed E-state index contributed by atoms with van der Waals surface area (Å²) in [5, 5.41) is 12.0. The summed E-state index contributed by atoms with van der Waals surface area (Å²) in [5.41, 5.74) is -0.629. The molecule has 1 aromatic heterocycles. The molecule has 1 heterocycles. The van der Waals surface area contributed by atoms with Crippen LogP contribution in [0.25, 0.3) is 5.76 Å². The SMILES string of the molecule is O=C(/C(C=Nc1ccc(Cl)cc1)=C(/O)c1cccs1)C(F)(F)F. The number of hydrogen-bond acceptors (Lipinski definition) is 4. The first-order valence-electron chi connectivity index (χ1n) is 6.17. The maximum atomic E-state index is 12.7. The molecule has 2 rings (SSSR count). The van der Waals surface area contributed by atoms with Gasteiger partial charge in [-0.15, -0.1) is 11.3 Å². The Hall–Kier alpha value is -2.12. The molecule has 0 saturated carbocycles. The van der Waals surface area contributed by atoms with Crippen molar-refractivity contribution < 1.29 is 23.1 Å². The van der Waals surface area contributed by atoms with Crippen molar-refractivity contribution in [2.24, 2.45) is 4.99 Å². The normalized spacial score (nSPS) is 13.2. The van der Waals surface area contributed by atoms with Gasteiger partial charge in [-0.25, -0.2) is 0 Å². The molecule has 8 heteroatoms. The molecule has 0 bridgehead atoms. The highest BCUT2D eigenvalue weighted by atomic mass is 35.5. The minimum Gasteiger partial charge on any atom is -0.506 e. The summed E-state index contributed by atoms with van der Waals surface area (Å²) in [7, 11) is 0. The van der Waals surface area contributed by atoms with Crippen molar-refractivity contribution in [2.75, 3.05) is 0 Å². The van der Waals surface area contributed by atoms with E-state index in [4.69, 9.17) is 11.6 Å². The highest BCUT2D eigenvalue weighted by Gasteiger charge is 2.41.